The Morgan fingerprint density at radius 1 is 1.46 bits per heavy atom. The normalized spacial score (nSPS) is 19.0. The summed E-state index contributed by atoms with van der Waals surface area (Å²) in [6, 6.07) is 0. The van der Waals surface area contributed by atoms with Crippen molar-refractivity contribution >= 4 is 10.0 Å². The average Bonchev–Trinajstić information content (AvgIpc) is 2.62. The molecule has 0 unspecified atom stereocenters. The third-order valence-corrected chi connectivity index (χ3v) is 3.93. The Balaban J connectivity index is 2.55. The van der Waals surface area contributed by atoms with Gasteiger partial charge in [-0.2, -0.15) is 0 Å². The molecule has 1 aliphatic carbocycles. The van der Waals surface area contributed by atoms with Crippen molar-refractivity contribution in [2.45, 2.75) is 32.2 Å². The van der Waals surface area contributed by atoms with E-state index in [1.54, 1.807) is 0 Å². The largest absolute Gasteiger partial charge is 0.395 e. The first-order chi connectivity index (χ1) is 5.87. The quantitative estimate of drug-likeness (QED) is 0.671. The SMILES string of the molecule is CC(C)(NS(=O)(=O)CCO)C1CC1. The fraction of sp³-hybridized carbons (Fsp3) is 1.00. The van der Waals surface area contributed by atoms with Gasteiger partial charge in [-0.05, 0) is 32.6 Å². The van der Waals surface area contributed by atoms with Gasteiger partial charge in [0.05, 0.1) is 12.4 Å². The first-order valence-electron chi connectivity index (χ1n) is 4.50. The summed E-state index contributed by atoms with van der Waals surface area (Å²) in [5.41, 5.74) is -0.353. The lowest BCUT2D eigenvalue weighted by molar-refractivity contribution is 0.317. The zero-order chi connectivity index (χ0) is 10.1. The third-order valence-electron chi connectivity index (χ3n) is 2.38. The lowest BCUT2D eigenvalue weighted by atomic mass is 10.0. The second-order valence-corrected chi connectivity index (χ2v) is 5.98. The molecule has 1 aliphatic rings. The Kier molecular flexibility index (Phi) is 2.99. The van der Waals surface area contributed by atoms with Gasteiger partial charge in [-0.15, -0.1) is 0 Å². The van der Waals surface area contributed by atoms with Crippen molar-refractivity contribution < 1.29 is 13.5 Å². The van der Waals surface area contributed by atoms with Crippen LogP contribution in [0, 0.1) is 5.92 Å². The zero-order valence-corrected chi connectivity index (χ0v) is 8.89. The topological polar surface area (TPSA) is 66.4 Å². The number of nitrogens with one attached hydrogen (secondary N) is 1. The first-order valence-corrected chi connectivity index (χ1v) is 6.15. The van der Waals surface area contributed by atoms with E-state index < -0.39 is 10.0 Å². The summed E-state index contributed by atoms with van der Waals surface area (Å²) in [6.07, 6.45) is 2.18. The van der Waals surface area contributed by atoms with Crippen LogP contribution in [0.5, 0.6) is 0 Å². The molecule has 0 atom stereocenters. The number of hydrogen-bond donors (Lipinski definition) is 2. The molecule has 0 aromatic carbocycles. The zero-order valence-electron chi connectivity index (χ0n) is 8.08. The first kappa shape index (κ1) is 10.9. The molecule has 1 rings (SSSR count). The van der Waals surface area contributed by atoms with E-state index in [4.69, 9.17) is 5.11 Å². The second-order valence-electron chi connectivity index (χ2n) is 4.14. The van der Waals surface area contributed by atoms with Gasteiger partial charge in [0.2, 0.25) is 10.0 Å². The monoisotopic (exact) mass is 207 g/mol. The van der Waals surface area contributed by atoms with Gasteiger partial charge in [-0.25, -0.2) is 13.1 Å². The van der Waals surface area contributed by atoms with Gasteiger partial charge >= 0.3 is 0 Å². The van der Waals surface area contributed by atoms with Crippen molar-refractivity contribution in [3.8, 4) is 0 Å². The fourth-order valence-corrected chi connectivity index (χ4v) is 2.77. The van der Waals surface area contributed by atoms with E-state index >= 15 is 0 Å². The summed E-state index contributed by atoms with van der Waals surface area (Å²) >= 11 is 0. The van der Waals surface area contributed by atoms with Crippen molar-refractivity contribution in [1.29, 1.82) is 0 Å². The second kappa shape index (κ2) is 3.55. The molecule has 13 heavy (non-hydrogen) atoms. The van der Waals surface area contributed by atoms with Crippen LogP contribution in [0.4, 0.5) is 0 Å². The Hall–Kier alpha value is -0.130. The van der Waals surface area contributed by atoms with Crippen molar-refractivity contribution in [3.63, 3.8) is 0 Å². The van der Waals surface area contributed by atoms with E-state index in [2.05, 4.69) is 4.72 Å². The van der Waals surface area contributed by atoms with Gasteiger partial charge in [0.15, 0.2) is 0 Å². The molecular formula is C8H17NO3S. The molecule has 0 aromatic heterocycles. The highest BCUT2D eigenvalue weighted by atomic mass is 32.2. The van der Waals surface area contributed by atoms with Crippen LogP contribution in [-0.2, 0) is 10.0 Å². The number of rotatable bonds is 5. The maximum Gasteiger partial charge on any atom is 0.214 e. The van der Waals surface area contributed by atoms with Crippen LogP contribution in [-0.4, -0.2) is 31.4 Å². The molecule has 5 heteroatoms. The van der Waals surface area contributed by atoms with Crippen molar-refractivity contribution in [2.75, 3.05) is 12.4 Å². The minimum Gasteiger partial charge on any atom is -0.395 e. The summed E-state index contributed by atoms with van der Waals surface area (Å²) in [4.78, 5) is 0. The van der Waals surface area contributed by atoms with Crippen LogP contribution < -0.4 is 4.72 Å². The lowest BCUT2D eigenvalue weighted by Gasteiger charge is -2.25. The van der Waals surface area contributed by atoms with Crippen molar-refractivity contribution in [3.05, 3.63) is 0 Å². The number of aliphatic hydroxyl groups is 1. The van der Waals surface area contributed by atoms with Crippen LogP contribution in [0.2, 0.25) is 0 Å². The van der Waals surface area contributed by atoms with Crippen LogP contribution in [0.1, 0.15) is 26.7 Å². The molecule has 0 spiro atoms. The Labute approximate surface area is 79.4 Å². The summed E-state index contributed by atoms with van der Waals surface area (Å²) in [6.45, 7) is 3.45. The van der Waals surface area contributed by atoms with Crippen LogP contribution in [0.25, 0.3) is 0 Å². The molecule has 0 aliphatic heterocycles. The maximum atomic E-state index is 11.3. The van der Waals surface area contributed by atoms with Gasteiger partial charge < -0.3 is 5.11 Å². The predicted octanol–water partition coefficient (Wildman–Crippen LogP) is 0.0867. The van der Waals surface area contributed by atoms with E-state index in [1.165, 1.54) is 0 Å². The van der Waals surface area contributed by atoms with Crippen molar-refractivity contribution in [2.24, 2.45) is 5.92 Å². The molecule has 0 amide bonds. The van der Waals surface area contributed by atoms with E-state index in [1.807, 2.05) is 13.8 Å². The molecule has 1 fully saturated rings. The summed E-state index contributed by atoms with van der Waals surface area (Å²) in [5.74, 6) is 0.254. The third kappa shape index (κ3) is 3.25. The number of hydrogen-bond acceptors (Lipinski definition) is 3. The number of sulfonamides is 1. The number of aliphatic hydroxyl groups excluding tert-OH is 1. The van der Waals surface area contributed by atoms with Gasteiger partial charge in [0.1, 0.15) is 0 Å². The van der Waals surface area contributed by atoms with Crippen LogP contribution in [0.15, 0.2) is 0 Å². The highest BCUT2D eigenvalue weighted by Crippen LogP contribution is 2.39. The van der Waals surface area contributed by atoms with E-state index in [0.29, 0.717) is 5.92 Å². The highest BCUT2D eigenvalue weighted by Gasteiger charge is 2.40. The Morgan fingerprint density at radius 3 is 2.38 bits per heavy atom. The van der Waals surface area contributed by atoms with E-state index in [-0.39, 0.29) is 17.9 Å². The Bertz CT molecular complexity index is 267. The molecule has 0 radical (unpaired) electrons. The summed E-state index contributed by atoms with van der Waals surface area (Å²) in [7, 11) is -3.29. The van der Waals surface area contributed by atoms with E-state index in [9.17, 15) is 8.42 Å². The van der Waals surface area contributed by atoms with Crippen LogP contribution >= 0.6 is 0 Å². The molecule has 4 nitrogen and oxygen atoms in total. The lowest BCUT2D eigenvalue weighted by Crippen LogP contribution is -2.46. The van der Waals surface area contributed by atoms with Gasteiger partial charge in [0.25, 0.3) is 0 Å². The molecule has 1 saturated carbocycles. The summed E-state index contributed by atoms with van der Waals surface area (Å²) in [5, 5.41) is 8.53. The standard InChI is InChI=1S/C8H17NO3S/c1-8(2,7-3-4-7)9-13(11,12)6-5-10/h7,9-10H,3-6H2,1-2H3. The van der Waals surface area contributed by atoms with Crippen molar-refractivity contribution in [1.82, 2.24) is 4.72 Å². The fourth-order valence-electron chi connectivity index (χ4n) is 1.46. The van der Waals surface area contributed by atoms with Gasteiger partial charge in [-0.1, -0.05) is 0 Å². The molecule has 78 valence electrons. The molecular weight excluding hydrogens is 190 g/mol. The molecule has 0 heterocycles. The maximum absolute atomic E-state index is 11.3. The minimum absolute atomic E-state index is 0.205. The Morgan fingerprint density at radius 2 is 2.00 bits per heavy atom. The molecule has 0 saturated heterocycles. The molecule has 2 N–H and O–H groups in total. The van der Waals surface area contributed by atoms with Gasteiger partial charge in [-0.3, -0.25) is 0 Å². The van der Waals surface area contributed by atoms with E-state index in [0.717, 1.165) is 12.8 Å². The highest BCUT2D eigenvalue weighted by molar-refractivity contribution is 7.89. The average molecular weight is 207 g/mol. The molecule has 0 bridgehead atoms. The predicted molar refractivity (Wildman–Crippen MR) is 50.8 cm³/mol. The minimum atomic E-state index is -3.29. The van der Waals surface area contributed by atoms with Gasteiger partial charge in [0, 0.05) is 5.54 Å². The van der Waals surface area contributed by atoms with Crippen LogP contribution in [0.3, 0.4) is 0 Å². The smallest absolute Gasteiger partial charge is 0.214 e. The molecule has 0 aromatic rings. The summed E-state index contributed by atoms with van der Waals surface area (Å²) < 4.78 is 25.2.